The van der Waals surface area contributed by atoms with Crippen LogP contribution in [0.1, 0.15) is 9.67 Å². The van der Waals surface area contributed by atoms with Crippen molar-refractivity contribution in [2.45, 2.75) is 0 Å². The van der Waals surface area contributed by atoms with Gasteiger partial charge in [-0.3, -0.25) is 19.3 Å². The molecule has 0 bridgehead atoms. The zero-order valence-corrected chi connectivity index (χ0v) is 17.2. The van der Waals surface area contributed by atoms with Gasteiger partial charge < -0.3 is 10.1 Å². The van der Waals surface area contributed by atoms with E-state index in [9.17, 15) is 14.4 Å². The lowest BCUT2D eigenvalue weighted by Crippen LogP contribution is -2.37. The highest BCUT2D eigenvalue weighted by Gasteiger charge is 2.20. The van der Waals surface area contributed by atoms with Crippen molar-refractivity contribution in [2.75, 3.05) is 24.6 Å². The van der Waals surface area contributed by atoms with Crippen LogP contribution in [0.25, 0.3) is 10.1 Å². The van der Waals surface area contributed by atoms with Gasteiger partial charge in [0.2, 0.25) is 0 Å². The van der Waals surface area contributed by atoms with E-state index in [0.717, 1.165) is 10.1 Å². The molecule has 0 fully saturated rings. The average molecular weight is 442 g/mol. The molecule has 0 saturated carbocycles. The fourth-order valence-corrected chi connectivity index (χ4v) is 4.10. The zero-order valence-electron chi connectivity index (χ0n) is 15.6. The third kappa shape index (κ3) is 4.95. The maximum atomic E-state index is 12.4. The Balaban J connectivity index is 1.54. The number of esters is 1. The Bertz CT molecular complexity index is 1120. The van der Waals surface area contributed by atoms with Gasteiger partial charge >= 0.3 is 5.97 Å². The van der Waals surface area contributed by atoms with Crippen LogP contribution in [0.2, 0.25) is 5.02 Å². The Morgan fingerprint density at radius 1 is 1.10 bits per heavy atom. The number of rotatable bonds is 7. The van der Waals surface area contributed by atoms with Gasteiger partial charge in [-0.1, -0.05) is 48.0 Å². The Labute approximate surface area is 181 Å². The largest absolute Gasteiger partial charge is 0.454 e. The SMILES string of the molecule is N#CCN(C(=O)COC(=O)CNC(=O)c1sc2ccccc2c1Cl)c1ccccc1. The number of hydrogen-bond donors (Lipinski definition) is 1. The number of carbonyl (C=O) groups excluding carboxylic acids is 3. The molecule has 2 amide bonds. The van der Waals surface area contributed by atoms with E-state index in [1.165, 1.54) is 16.2 Å². The first-order chi connectivity index (χ1) is 14.5. The van der Waals surface area contributed by atoms with Crippen LogP contribution < -0.4 is 10.2 Å². The topological polar surface area (TPSA) is 99.5 Å². The van der Waals surface area contributed by atoms with Crippen molar-refractivity contribution in [3.8, 4) is 6.07 Å². The standard InChI is InChI=1S/C21H16ClN3O4S/c22-19-15-8-4-5-9-16(15)30-20(19)21(28)24-12-18(27)29-13-17(26)25(11-10-23)14-6-2-1-3-7-14/h1-9H,11-13H2,(H,24,28). The highest BCUT2D eigenvalue weighted by atomic mass is 35.5. The van der Waals surface area contributed by atoms with Gasteiger partial charge in [0.25, 0.3) is 11.8 Å². The smallest absolute Gasteiger partial charge is 0.325 e. The Morgan fingerprint density at radius 3 is 2.50 bits per heavy atom. The number of hydrogen-bond acceptors (Lipinski definition) is 6. The number of para-hydroxylation sites is 1. The maximum Gasteiger partial charge on any atom is 0.325 e. The van der Waals surface area contributed by atoms with Crippen LogP contribution in [0.15, 0.2) is 54.6 Å². The molecule has 0 aliphatic heterocycles. The molecule has 7 nitrogen and oxygen atoms in total. The van der Waals surface area contributed by atoms with E-state index >= 15 is 0 Å². The molecule has 0 atom stereocenters. The van der Waals surface area contributed by atoms with Crippen molar-refractivity contribution in [1.82, 2.24) is 5.32 Å². The number of nitrogens with zero attached hydrogens (tertiary/aromatic N) is 2. The van der Waals surface area contributed by atoms with Gasteiger partial charge in [0, 0.05) is 15.8 Å². The van der Waals surface area contributed by atoms with Gasteiger partial charge in [-0.05, 0) is 18.2 Å². The first kappa shape index (κ1) is 21.3. The monoisotopic (exact) mass is 441 g/mol. The molecule has 0 aliphatic carbocycles. The molecule has 2 aromatic carbocycles. The molecule has 3 aromatic rings. The normalized spacial score (nSPS) is 10.3. The minimum Gasteiger partial charge on any atom is -0.454 e. The first-order valence-corrected chi connectivity index (χ1v) is 10.0. The summed E-state index contributed by atoms with van der Waals surface area (Å²) in [5.74, 6) is -1.83. The second-order valence-electron chi connectivity index (χ2n) is 6.06. The molecule has 0 radical (unpaired) electrons. The Morgan fingerprint density at radius 2 is 1.80 bits per heavy atom. The van der Waals surface area contributed by atoms with Gasteiger partial charge in [0.15, 0.2) is 6.61 Å². The fraction of sp³-hybridized carbons (Fsp3) is 0.143. The molecular weight excluding hydrogens is 426 g/mol. The van der Waals surface area contributed by atoms with Crippen molar-refractivity contribution in [2.24, 2.45) is 0 Å². The van der Waals surface area contributed by atoms with Crippen molar-refractivity contribution in [3.05, 3.63) is 64.5 Å². The van der Waals surface area contributed by atoms with Crippen LogP contribution in [-0.2, 0) is 14.3 Å². The molecule has 1 heterocycles. The maximum absolute atomic E-state index is 12.4. The predicted octanol–water partition coefficient (Wildman–Crippen LogP) is 3.38. The van der Waals surface area contributed by atoms with Crippen LogP contribution in [-0.4, -0.2) is 37.5 Å². The van der Waals surface area contributed by atoms with E-state index in [1.807, 2.05) is 30.3 Å². The average Bonchev–Trinajstić information content (AvgIpc) is 3.11. The summed E-state index contributed by atoms with van der Waals surface area (Å²) >= 11 is 7.47. The summed E-state index contributed by atoms with van der Waals surface area (Å²) in [5, 5.41) is 12.5. The van der Waals surface area contributed by atoms with Crippen molar-refractivity contribution in [3.63, 3.8) is 0 Å². The van der Waals surface area contributed by atoms with E-state index < -0.39 is 30.9 Å². The van der Waals surface area contributed by atoms with Gasteiger partial charge in [-0.15, -0.1) is 11.3 Å². The second kappa shape index (κ2) is 9.87. The van der Waals surface area contributed by atoms with Crippen molar-refractivity contribution >= 4 is 56.5 Å². The Hall–Kier alpha value is -3.41. The highest BCUT2D eigenvalue weighted by Crippen LogP contribution is 2.34. The molecule has 3 rings (SSSR count). The lowest BCUT2D eigenvalue weighted by atomic mass is 10.2. The lowest BCUT2D eigenvalue weighted by molar-refractivity contribution is -0.146. The van der Waals surface area contributed by atoms with Crippen LogP contribution in [0.4, 0.5) is 5.69 Å². The van der Waals surface area contributed by atoms with Crippen LogP contribution in [0.5, 0.6) is 0 Å². The quantitative estimate of drug-likeness (QED) is 0.447. The molecule has 1 aromatic heterocycles. The first-order valence-electron chi connectivity index (χ1n) is 8.84. The summed E-state index contributed by atoms with van der Waals surface area (Å²) in [4.78, 5) is 38.2. The summed E-state index contributed by atoms with van der Waals surface area (Å²) in [6.45, 7) is -1.14. The number of anilines is 1. The summed E-state index contributed by atoms with van der Waals surface area (Å²) in [7, 11) is 0. The van der Waals surface area contributed by atoms with Crippen LogP contribution >= 0.6 is 22.9 Å². The van der Waals surface area contributed by atoms with E-state index in [2.05, 4.69) is 5.32 Å². The van der Waals surface area contributed by atoms with Crippen molar-refractivity contribution in [1.29, 1.82) is 5.26 Å². The Kier molecular flexibility index (Phi) is 7.01. The van der Waals surface area contributed by atoms with E-state index in [1.54, 1.807) is 30.3 Å². The summed E-state index contributed by atoms with van der Waals surface area (Å²) in [6, 6.07) is 17.8. The summed E-state index contributed by atoms with van der Waals surface area (Å²) < 4.78 is 5.80. The molecule has 0 aliphatic rings. The second-order valence-corrected chi connectivity index (χ2v) is 7.49. The lowest BCUT2D eigenvalue weighted by Gasteiger charge is -2.19. The number of halogens is 1. The molecule has 0 saturated heterocycles. The number of nitriles is 1. The molecule has 152 valence electrons. The number of carbonyl (C=O) groups is 3. The predicted molar refractivity (Wildman–Crippen MR) is 115 cm³/mol. The van der Waals surface area contributed by atoms with Gasteiger partial charge in [0.05, 0.1) is 11.1 Å². The molecular formula is C21H16ClN3O4S. The molecule has 30 heavy (non-hydrogen) atoms. The van der Waals surface area contributed by atoms with Gasteiger partial charge in [-0.2, -0.15) is 5.26 Å². The van der Waals surface area contributed by atoms with Crippen LogP contribution in [0.3, 0.4) is 0 Å². The van der Waals surface area contributed by atoms with Crippen molar-refractivity contribution < 1.29 is 19.1 Å². The fourth-order valence-electron chi connectivity index (χ4n) is 2.67. The number of ether oxygens (including phenoxy) is 1. The third-order valence-electron chi connectivity index (χ3n) is 4.09. The number of amides is 2. The van der Waals surface area contributed by atoms with Crippen LogP contribution in [0, 0.1) is 11.3 Å². The van der Waals surface area contributed by atoms with Gasteiger partial charge in [0.1, 0.15) is 18.0 Å². The summed E-state index contributed by atoms with van der Waals surface area (Å²) in [5.41, 5.74) is 0.521. The van der Waals surface area contributed by atoms with E-state index in [-0.39, 0.29) is 6.54 Å². The minimum absolute atomic E-state index is 0.179. The van der Waals surface area contributed by atoms with E-state index in [0.29, 0.717) is 15.6 Å². The highest BCUT2D eigenvalue weighted by molar-refractivity contribution is 7.21. The van der Waals surface area contributed by atoms with E-state index in [4.69, 9.17) is 21.6 Å². The zero-order chi connectivity index (χ0) is 21.5. The number of benzene rings is 2. The number of nitrogens with one attached hydrogen (secondary N) is 1. The molecule has 0 spiro atoms. The molecule has 9 heteroatoms. The minimum atomic E-state index is -0.779. The third-order valence-corrected chi connectivity index (χ3v) is 5.76. The summed E-state index contributed by atoms with van der Waals surface area (Å²) in [6.07, 6.45) is 0. The molecule has 1 N–H and O–H groups in total. The number of thiophene rings is 1. The molecule has 0 unspecified atom stereocenters. The number of fused-ring (bicyclic) bond motifs is 1. The van der Waals surface area contributed by atoms with Gasteiger partial charge in [-0.25, -0.2) is 0 Å².